The summed E-state index contributed by atoms with van der Waals surface area (Å²) in [6.45, 7) is 1.88. The van der Waals surface area contributed by atoms with E-state index < -0.39 is 3.79 Å². The number of halogens is 1. The van der Waals surface area contributed by atoms with Gasteiger partial charge in [0.1, 0.15) is 0 Å². The van der Waals surface area contributed by atoms with E-state index in [0.29, 0.717) is 0 Å². The molecule has 11 heavy (non-hydrogen) atoms. The minimum absolute atomic E-state index is 0.526. The Kier molecular flexibility index (Phi) is 1.49. The average molecular weight is 262 g/mol. The highest BCUT2D eigenvalue weighted by molar-refractivity contribution is 14.1. The summed E-state index contributed by atoms with van der Waals surface area (Å²) in [5.41, 5.74) is 0. The summed E-state index contributed by atoms with van der Waals surface area (Å²) in [7, 11) is 0. The Balaban J connectivity index is 2.41. The number of ether oxygens (including phenoxy) is 2. The van der Waals surface area contributed by atoms with Gasteiger partial charge in [0, 0.05) is 29.5 Å². The molecule has 0 radical (unpaired) electrons. The van der Waals surface area contributed by atoms with Crippen LogP contribution in [0, 0.1) is 0 Å². The summed E-state index contributed by atoms with van der Waals surface area (Å²) in [4.78, 5) is 0. The number of hydrogen-bond donors (Lipinski definition) is 0. The second-order valence-electron chi connectivity index (χ2n) is 2.49. The molecule has 1 heterocycles. The molecule has 0 aliphatic carbocycles. The fourth-order valence-electron chi connectivity index (χ4n) is 1.03. The van der Waals surface area contributed by atoms with Crippen LogP contribution in [0.2, 0.25) is 0 Å². The molecule has 1 aliphatic heterocycles. The predicted octanol–water partition coefficient (Wildman–Crippen LogP) is 2.57. The van der Waals surface area contributed by atoms with Gasteiger partial charge in [0.15, 0.2) is 11.5 Å². The fourth-order valence-corrected chi connectivity index (χ4v) is 1.51. The minimum atomic E-state index is -0.526. The van der Waals surface area contributed by atoms with Crippen LogP contribution in [-0.4, -0.2) is 3.79 Å². The molecule has 0 atom stereocenters. The Labute approximate surface area is 78.6 Å². The molecule has 0 N–H and O–H groups in total. The van der Waals surface area contributed by atoms with E-state index in [-0.39, 0.29) is 0 Å². The van der Waals surface area contributed by atoms with Gasteiger partial charge in [0.05, 0.1) is 0 Å². The molecule has 3 heteroatoms. The molecule has 1 aromatic carbocycles. The molecule has 0 amide bonds. The molecule has 0 saturated heterocycles. The standard InChI is InChI=1S/C8H7IO2/c1-8(9)10-6-4-2-3-5-7(6)11-8/h2-5H,1H3. The Morgan fingerprint density at radius 2 is 1.64 bits per heavy atom. The third-order valence-corrected chi connectivity index (χ3v) is 1.87. The van der Waals surface area contributed by atoms with Crippen molar-refractivity contribution in [2.24, 2.45) is 0 Å². The van der Waals surface area contributed by atoms with E-state index in [2.05, 4.69) is 22.6 Å². The summed E-state index contributed by atoms with van der Waals surface area (Å²) >= 11 is 2.12. The zero-order valence-electron chi connectivity index (χ0n) is 6.00. The van der Waals surface area contributed by atoms with Gasteiger partial charge in [0.25, 0.3) is 3.79 Å². The van der Waals surface area contributed by atoms with Gasteiger partial charge in [-0.25, -0.2) is 0 Å². The SMILES string of the molecule is CC1(I)Oc2ccccc2O1. The zero-order valence-corrected chi connectivity index (χ0v) is 8.16. The van der Waals surface area contributed by atoms with Gasteiger partial charge in [0.2, 0.25) is 0 Å². The highest BCUT2D eigenvalue weighted by Crippen LogP contribution is 2.41. The van der Waals surface area contributed by atoms with Crippen LogP contribution in [0.15, 0.2) is 24.3 Å². The Morgan fingerprint density at radius 1 is 1.18 bits per heavy atom. The molecule has 1 aliphatic rings. The van der Waals surface area contributed by atoms with Crippen LogP contribution in [0.5, 0.6) is 11.5 Å². The van der Waals surface area contributed by atoms with Gasteiger partial charge in [-0.1, -0.05) is 12.1 Å². The highest BCUT2D eigenvalue weighted by Gasteiger charge is 2.32. The lowest BCUT2D eigenvalue weighted by Gasteiger charge is -2.13. The van der Waals surface area contributed by atoms with Gasteiger partial charge in [-0.2, -0.15) is 0 Å². The van der Waals surface area contributed by atoms with Crippen molar-refractivity contribution in [2.75, 3.05) is 0 Å². The first-order valence-corrected chi connectivity index (χ1v) is 4.41. The van der Waals surface area contributed by atoms with Gasteiger partial charge in [-0.3, -0.25) is 0 Å². The van der Waals surface area contributed by atoms with E-state index in [1.807, 2.05) is 31.2 Å². The average Bonchev–Trinajstić information content (AvgIpc) is 2.21. The van der Waals surface area contributed by atoms with E-state index in [0.717, 1.165) is 11.5 Å². The maximum Gasteiger partial charge on any atom is 0.300 e. The maximum atomic E-state index is 5.46. The first-order chi connectivity index (χ1) is 5.17. The van der Waals surface area contributed by atoms with Gasteiger partial charge in [-0.15, -0.1) is 0 Å². The lowest BCUT2D eigenvalue weighted by atomic mass is 10.3. The first-order valence-electron chi connectivity index (χ1n) is 3.33. The van der Waals surface area contributed by atoms with Crippen molar-refractivity contribution in [3.8, 4) is 11.5 Å². The van der Waals surface area contributed by atoms with E-state index >= 15 is 0 Å². The van der Waals surface area contributed by atoms with E-state index in [9.17, 15) is 0 Å². The lowest BCUT2D eigenvalue weighted by Crippen LogP contribution is -2.25. The maximum absolute atomic E-state index is 5.46. The van der Waals surface area contributed by atoms with Crippen LogP contribution in [-0.2, 0) is 0 Å². The quantitative estimate of drug-likeness (QED) is 0.528. The van der Waals surface area contributed by atoms with Crippen molar-refractivity contribution >= 4 is 22.6 Å². The second kappa shape index (κ2) is 2.27. The predicted molar refractivity (Wildman–Crippen MR) is 50.1 cm³/mol. The van der Waals surface area contributed by atoms with Gasteiger partial charge < -0.3 is 9.47 Å². The lowest BCUT2D eigenvalue weighted by molar-refractivity contribution is 0.0490. The fraction of sp³-hybridized carbons (Fsp3) is 0.250. The normalized spacial score (nSPS) is 18.4. The molecular weight excluding hydrogens is 255 g/mol. The molecular formula is C8H7IO2. The molecule has 0 unspecified atom stereocenters. The van der Waals surface area contributed by atoms with Crippen molar-refractivity contribution in [1.29, 1.82) is 0 Å². The van der Waals surface area contributed by atoms with Crippen molar-refractivity contribution in [3.05, 3.63) is 24.3 Å². The third-order valence-electron chi connectivity index (χ3n) is 1.43. The van der Waals surface area contributed by atoms with Crippen LogP contribution in [0.3, 0.4) is 0 Å². The van der Waals surface area contributed by atoms with Crippen LogP contribution < -0.4 is 9.47 Å². The molecule has 1 aromatic rings. The molecule has 0 bridgehead atoms. The summed E-state index contributed by atoms with van der Waals surface area (Å²) < 4.78 is 10.4. The Hall–Kier alpha value is -0.450. The number of para-hydroxylation sites is 2. The van der Waals surface area contributed by atoms with Gasteiger partial charge in [-0.05, 0) is 12.1 Å². The number of alkyl halides is 1. The monoisotopic (exact) mass is 262 g/mol. The largest absolute Gasteiger partial charge is 0.440 e. The Morgan fingerprint density at radius 3 is 2.09 bits per heavy atom. The van der Waals surface area contributed by atoms with E-state index in [1.165, 1.54) is 0 Å². The molecule has 58 valence electrons. The third kappa shape index (κ3) is 1.29. The number of benzene rings is 1. The summed E-state index contributed by atoms with van der Waals surface area (Å²) in [5, 5.41) is 0. The van der Waals surface area contributed by atoms with Crippen molar-refractivity contribution in [3.63, 3.8) is 0 Å². The Bertz CT molecular complexity index is 256. The van der Waals surface area contributed by atoms with Crippen molar-refractivity contribution in [2.45, 2.75) is 10.7 Å². The number of hydrogen-bond acceptors (Lipinski definition) is 2. The molecule has 0 saturated carbocycles. The van der Waals surface area contributed by atoms with Gasteiger partial charge >= 0.3 is 0 Å². The number of rotatable bonds is 0. The van der Waals surface area contributed by atoms with E-state index in [1.54, 1.807) is 0 Å². The van der Waals surface area contributed by atoms with Crippen molar-refractivity contribution in [1.82, 2.24) is 0 Å². The van der Waals surface area contributed by atoms with Crippen LogP contribution in [0.4, 0.5) is 0 Å². The zero-order chi connectivity index (χ0) is 7.90. The van der Waals surface area contributed by atoms with Crippen LogP contribution in [0.1, 0.15) is 6.92 Å². The minimum Gasteiger partial charge on any atom is -0.440 e. The summed E-state index contributed by atoms with van der Waals surface area (Å²) in [6, 6.07) is 7.67. The van der Waals surface area contributed by atoms with E-state index in [4.69, 9.17) is 9.47 Å². The molecule has 0 spiro atoms. The summed E-state index contributed by atoms with van der Waals surface area (Å²) in [5.74, 6) is 1.65. The molecule has 2 nitrogen and oxygen atoms in total. The van der Waals surface area contributed by atoms with Crippen LogP contribution in [0.25, 0.3) is 0 Å². The van der Waals surface area contributed by atoms with Crippen molar-refractivity contribution < 1.29 is 9.47 Å². The topological polar surface area (TPSA) is 18.5 Å². The summed E-state index contributed by atoms with van der Waals surface area (Å²) in [6.07, 6.45) is 0. The second-order valence-corrected chi connectivity index (χ2v) is 4.45. The first kappa shape index (κ1) is 7.21. The molecule has 0 fully saturated rings. The number of fused-ring (bicyclic) bond motifs is 1. The van der Waals surface area contributed by atoms with Crippen LogP contribution >= 0.6 is 22.6 Å². The highest BCUT2D eigenvalue weighted by atomic mass is 127. The smallest absolute Gasteiger partial charge is 0.300 e. The molecule has 2 rings (SSSR count). The molecule has 0 aromatic heterocycles.